The number of piperidine rings is 1. The average Bonchev–Trinajstić information content (AvgIpc) is 2.85. The zero-order chi connectivity index (χ0) is 16.8. The van der Waals surface area contributed by atoms with Crippen LogP contribution in [0.4, 0.5) is 0 Å². The number of carbonyl (C=O) groups is 2. The second kappa shape index (κ2) is 5.38. The molecule has 0 bridgehead atoms. The largest absolute Gasteiger partial charge is 0.538 e. The van der Waals surface area contributed by atoms with Crippen LogP contribution in [0.3, 0.4) is 0 Å². The summed E-state index contributed by atoms with van der Waals surface area (Å²) in [6.07, 6.45) is 4.15. The van der Waals surface area contributed by atoms with Gasteiger partial charge < -0.3 is 9.68 Å². The van der Waals surface area contributed by atoms with E-state index >= 15 is 0 Å². The fourth-order valence-corrected chi connectivity index (χ4v) is 3.42. The lowest BCUT2D eigenvalue weighted by molar-refractivity contribution is -0.135. The first-order valence-corrected chi connectivity index (χ1v) is 7.63. The van der Waals surface area contributed by atoms with E-state index in [9.17, 15) is 14.4 Å². The third-order valence-electron chi connectivity index (χ3n) is 4.44. The van der Waals surface area contributed by atoms with Crippen molar-refractivity contribution in [2.45, 2.75) is 25.4 Å². The fourth-order valence-electron chi connectivity index (χ4n) is 3.42. The molecule has 2 aliphatic rings. The third kappa shape index (κ3) is 2.01. The van der Waals surface area contributed by atoms with E-state index < -0.39 is 19.6 Å². The summed E-state index contributed by atoms with van der Waals surface area (Å²) in [4.78, 5) is 36.4. The number of carbonyl (C=O) groups excluding carboxylic acids is 2. The smallest absolute Gasteiger partial charge is 0.504 e. The minimum absolute atomic E-state index is 0.201. The number of benzene rings is 1. The summed E-state index contributed by atoms with van der Waals surface area (Å²) < 4.78 is 8.22. The number of imide groups is 1. The lowest BCUT2D eigenvalue weighted by atomic mass is 10.0. The Morgan fingerprint density at radius 1 is 1.29 bits per heavy atom. The van der Waals surface area contributed by atoms with Crippen LogP contribution in [0.25, 0.3) is 17.1 Å². The van der Waals surface area contributed by atoms with Crippen molar-refractivity contribution in [1.29, 1.82) is 0 Å². The van der Waals surface area contributed by atoms with Crippen molar-refractivity contribution in [3.8, 4) is 5.75 Å². The summed E-state index contributed by atoms with van der Waals surface area (Å²) in [7, 11) is -0.468. The predicted molar refractivity (Wildman–Crippen MR) is 86.6 cm³/mol. The van der Waals surface area contributed by atoms with Gasteiger partial charge in [-0.25, -0.2) is 4.79 Å². The number of aromatic nitrogens is 2. The van der Waals surface area contributed by atoms with Gasteiger partial charge in [0.25, 0.3) is 0 Å². The first kappa shape index (κ1) is 14.8. The monoisotopic (exact) mass is 327 g/mol. The first-order chi connectivity index (χ1) is 11.6. The highest BCUT2D eigenvalue weighted by Crippen LogP contribution is 2.33. The van der Waals surface area contributed by atoms with E-state index in [1.54, 1.807) is 16.7 Å². The maximum Gasteiger partial charge on any atom is 0.504 e. The first-order valence-electron chi connectivity index (χ1n) is 7.63. The average molecular weight is 327 g/mol. The number of nitrogens with zero attached hydrogens (tertiary/aromatic N) is 2. The summed E-state index contributed by atoms with van der Waals surface area (Å²) in [5.74, 6) is -0.315. The van der Waals surface area contributed by atoms with E-state index in [-0.39, 0.29) is 18.0 Å². The van der Waals surface area contributed by atoms with Gasteiger partial charge >= 0.3 is 13.4 Å². The number of amides is 2. The number of nitrogens with one attached hydrogen (secondary N) is 1. The number of imidazole rings is 1. The third-order valence-corrected chi connectivity index (χ3v) is 4.44. The molecule has 0 saturated carbocycles. The van der Waals surface area contributed by atoms with E-state index in [1.807, 2.05) is 12.2 Å². The van der Waals surface area contributed by atoms with Crippen LogP contribution < -0.4 is 15.7 Å². The normalized spacial score (nSPS) is 19.5. The van der Waals surface area contributed by atoms with Crippen molar-refractivity contribution in [2.75, 3.05) is 0 Å². The van der Waals surface area contributed by atoms with Crippen LogP contribution in [0, 0.1) is 0 Å². The van der Waals surface area contributed by atoms with E-state index in [1.165, 1.54) is 4.57 Å². The number of hydrogen-bond donors (Lipinski definition) is 2. The Hall–Kier alpha value is -2.81. The van der Waals surface area contributed by atoms with Gasteiger partial charge in [-0.2, -0.15) is 0 Å². The molecule has 2 aliphatic heterocycles. The Bertz CT molecular complexity index is 958. The van der Waals surface area contributed by atoms with Crippen LogP contribution >= 0.6 is 0 Å². The Kier molecular flexibility index (Phi) is 3.31. The Morgan fingerprint density at radius 3 is 2.88 bits per heavy atom. The molecule has 1 unspecified atom stereocenters. The summed E-state index contributed by atoms with van der Waals surface area (Å²) in [5.41, 5.74) is 1.67. The second-order valence-corrected chi connectivity index (χ2v) is 5.75. The Labute approximate surface area is 136 Å². The zero-order valence-electron chi connectivity index (χ0n) is 12.7. The molecule has 122 valence electrons. The lowest BCUT2D eigenvalue weighted by Gasteiger charge is -2.22. The lowest BCUT2D eigenvalue weighted by Crippen LogP contribution is -2.44. The molecule has 2 amide bonds. The fraction of sp³-hybridized carbons (Fsp3) is 0.267. The highest BCUT2D eigenvalue weighted by molar-refractivity contribution is 6.17. The molecular formula is C15H14BN3O5. The summed E-state index contributed by atoms with van der Waals surface area (Å²) >= 11 is 0. The molecule has 2 aromatic rings. The van der Waals surface area contributed by atoms with E-state index in [2.05, 4.69) is 5.32 Å². The quantitative estimate of drug-likeness (QED) is 0.581. The maximum atomic E-state index is 12.8. The van der Waals surface area contributed by atoms with Crippen molar-refractivity contribution in [2.24, 2.45) is 0 Å². The summed E-state index contributed by atoms with van der Waals surface area (Å²) in [5, 5.41) is 11.3. The minimum atomic E-state index is -0.713. The molecule has 1 aromatic carbocycles. The molecule has 0 aliphatic carbocycles. The molecule has 2 N–H and O–H groups in total. The van der Waals surface area contributed by atoms with Gasteiger partial charge in [0.05, 0.1) is 11.0 Å². The standard InChI is InChI=1S/C15H14BN3O5/c20-12-6-4-10(14(21)17-12)19-9-3-5-11(24-16-23)8-2-1-7-18(13(8)9)15(19)22/h1-3,5,10,16,23H,4,6-7H2,(H,17,20,21). The van der Waals surface area contributed by atoms with Crippen LogP contribution in [0.15, 0.2) is 23.0 Å². The second-order valence-electron chi connectivity index (χ2n) is 5.75. The minimum Gasteiger partial charge on any atom is -0.538 e. The van der Waals surface area contributed by atoms with Gasteiger partial charge in [-0.05, 0) is 18.6 Å². The van der Waals surface area contributed by atoms with E-state index in [4.69, 9.17) is 9.68 Å². The molecule has 8 nitrogen and oxygen atoms in total. The van der Waals surface area contributed by atoms with Gasteiger partial charge in [0, 0.05) is 18.5 Å². The van der Waals surface area contributed by atoms with Gasteiger partial charge in [0.1, 0.15) is 11.8 Å². The van der Waals surface area contributed by atoms with Crippen molar-refractivity contribution >= 4 is 36.6 Å². The highest BCUT2D eigenvalue weighted by Gasteiger charge is 2.32. The molecule has 0 radical (unpaired) electrons. The Balaban J connectivity index is 1.95. The number of rotatable bonds is 3. The molecule has 24 heavy (non-hydrogen) atoms. The van der Waals surface area contributed by atoms with Crippen molar-refractivity contribution in [3.63, 3.8) is 0 Å². The van der Waals surface area contributed by atoms with Crippen LogP contribution in [0.5, 0.6) is 5.75 Å². The predicted octanol–water partition coefficient (Wildman–Crippen LogP) is -0.555. The number of allylic oxidation sites excluding steroid dienone is 1. The maximum absolute atomic E-state index is 12.8. The summed E-state index contributed by atoms with van der Waals surface area (Å²) in [6.45, 7) is 0.394. The van der Waals surface area contributed by atoms with Gasteiger partial charge in [0.2, 0.25) is 11.8 Å². The molecule has 1 aromatic heterocycles. The Morgan fingerprint density at radius 2 is 2.12 bits per heavy atom. The van der Waals surface area contributed by atoms with Gasteiger partial charge in [-0.3, -0.25) is 24.0 Å². The SMILES string of the molecule is O=C1CCC(n2c(=O)n3c4c(c(OBO)ccc42)C=CC3)C(=O)N1. The molecule has 3 heterocycles. The molecular weight excluding hydrogens is 313 g/mol. The van der Waals surface area contributed by atoms with Gasteiger partial charge in [0.15, 0.2) is 0 Å². The summed E-state index contributed by atoms with van der Waals surface area (Å²) in [6, 6.07) is 2.65. The van der Waals surface area contributed by atoms with Crippen molar-refractivity contribution in [3.05, 3.63) is 34.3 Å². The van der Waals surface area contributed by atoms with Gasteiger partial charge in [-0.1, -0.05) is 12.2 Å². The number of hydrogen-bond acceptors (Lipinski definition) is 5. The zero-order valence-corrected chi connectivity index (χ0v) is 12.7. The van der Waals surface area contributed by atoms with Crippen LogP contribution in [-0.2, 0) is 16.1 Å². The molecule has 9 heteroatoms. The van der Waals surface area contributed by atoms with Crippen molar-refractivity contribution in [1.82, 2.24) is 14.5 Å². The van der Waals surface area contributed by atoms with Crippen molar-refractivity contribution < 1.29 is 19.3 Å². The molecule has 1 atom stereocenters. The molecule has 0 spiro atoms. The highest BCUT2D eigenvalue weighted by atomic mass is 16.5. The van der Waals surface area contributed by atoms with E-state index in [0.29, 0.717) is 35.3 Å². The van der Waals surface area contributed by atoms with Crippen LogP contribution in [-0.4, -0.2) is 33.7 Å². The molecule has 1 saturated heterocycles. The van der Waals surface area contributed by atoms with E-state index in [0.717, 1.165) is 0 Å². The molecule has 1 fully saturated rings. The van der Waals surface area contributed by atoms with Crippen LogP contribution in [0.2, 0.25) is 0 Å². The molecule has 4 rings (SSSR count). The van der Waals surface area contributed by atoms with Gasteiger partial charge in [-0.15, -0.1) is 0 Å². The van der Waals surface area contributed by atoms with Crippen LogP contribution in [0.1, 0.15) is 24.4 Å². The topological polar surface area (TPSA) is 103 Å².